The summed E-state index contributed by atoms with van der Waals surface area (Å²) in [7, 11) is 1.31. The molecule has 0 bridgehead atoms. The third kappa shape index (κ3) is 2.27. The summed E-state index contributed by atoms with van der Waals surface area (Å²) in [4.78, 5) is 12.1. The van der Waals surface area contributed by atoms with Gasteiger partial charge in [0.2, 0.25) is 0 Å². The molecule has 1 aliphatic carbocycles. The van der Waals surface area contributed by atoms with Crippen molar-refractivity contribution in [1.82, 2.24) is 0 Å². The maximum absolute atomic E-state index is 11.7. The van der Waals surface area contributed by atoms with Gasteiger partial charge >= 0.3 is 5.97 Å². The number of nitrogens with zero attached hydrogens (tertiary/aromatic N) is 1. The number of ether oxygens (including phenoxy) is 1. The van der Waals surface area contributed by atoms with Crippen LogP contribution in [0.4, 0.5) is 10.7 Å². The molecule has 0 saturated heterocycles. The van der Waals surface area contributed by atoms with Crippen molar-refractivity contribution in [2.24, 2.45) is 0 Å². The third-order valence-electron chi connectivity index (χ3n) is 3.13. The van der Waals surface area contributed by atoms with Gasteiger partial charge in [0, 0.05) is 6.04 Å². The summed E-state index contributed by atoms with van der Waals surface area (Å²) >= 11 is 1.22. The van der Waals surface area contributed by atoms with E-state index in [4.69, 9.17) is 15.7 Å². The zero-order chi connectivity index (χ0) is 13.1. The van der Waals surface area contributed by atoms with Crippen LogP contribution in [-0.4, -0.2) is 19.1 Å². The lowest BCUT2D eigenvalue weighted by molar-refractivity contribution is 0.0603. The Balaban J connectivity index is 2.32. The van der Waals surface area contributed by atoms with E-state index in [0.717, 1.165) is 12.8 Å². The molecule has 1 aliphatic rings. The van der Waals surface area contributed by atoms with Gasteiger partial charge in [-0.25, -0.2) is 4.79 Å². The van der Waals surface area contributed by atoms with Crippen LogP contribution in [0.25, 0.3) is 0 Å². The summed E-state index contributed by atoms with van der Waals surface area (Å²) in [5.41, 5.74) is 6.33. The van der Waals surface area contributed by atoms with Crippen molar-refractivity contribution >= 4 is 28.0 Å². The van der Waals surface area contributed by atoms with Gasteiger partial charge < -0.3 is 15.8 Å². The van der Waals surface area contributed by atoms with Gasteiger partial charge in [0.1, 0.15) is 21.5 Å². The molecule has 1 aromatic rings. The molecule has 0 amide bonds. The van der Waals surface area contributed by atoms with Gasteiger partial charge in [0.15, 0.2) is 0 Å². The molecule has 96 valence electrons. The largest absolute Gasteiger partial charge is 0.465 e. The first kappa shape index (κ1) is 12.7. The number of nitrogens with two attached hydrogens (primary N) is 1. The van der Waals surface area contributed by atoms with Crippen LogP contribution in [-0.2, 0) is 4.74 Å². The van der Waals surface area contributed by atoms with Crippen LogP contribution in [0.15, 0.2) is 0 Å². The molecule has 1 fully saturated rings. The highest BCUT2D eigenvalue weighted by Crippen LogP contribution is 2.37. The van der Waals surface area contributed by atoms with E-state index in [1.54, 1.807) is 0 Å². The molecule has 0 unspecified atom stereocenters. The maximum Gasteiger partial charge on any atom is 0.343 e. The van der Waals surface area contributed by atoms with Crippen LogP contribution >= 0.6 is 11.3 Å². The lowest BCUT2D eigenvalue weighted by Crippen LogP contribution is -2.16. The summed E-state index contributed by atoms with van der Waals surface area (Å²) < 4.78 is 4.72. The van der Waals surface area contributed by atoms with Gasteiger partial charge in [-0.15, -0.1) is 11.3 Å². The van der Waals surface area contributed by atoms with E-state index < -0.39 is 5.97 Å². The van der Waals surface area contributed by atoms with Crippen molar-refractivity contribution in [3.05, 3.63) is 10.4 Å². The number of nitriles is 1. The van der Waals surface area contributed by atoms with E-state index in [1.165, 1.54) is 31.3 Å². The molecule has 1 heterocycles. The number of rotatable bonds is 3. The summed E-state index contributed by atoms with van der Waals surface area (Å²) in [6, 6.07) is 2.36. The molecule has 5 nitrogen and oxygen atoms in total. The topological polar surface area (TPSA) is 88.1 Å². The smallest absolute Gasteiger partial charge is 0.343 e. The molecule has 0 aliphatic heterocycles. The molecule has 3 N–H and O–H groups in total. The minimum atomic E-state index is -0.495. The van der Waals surface area contributed by atoms with Gasteiger partial charge in [-0.2, -0.15) is 5.26 Å². The van der Waals surface area contributed by atoms with E-state index >= 15 is 0 Å². The van der Waals surface area contributed by atoms with Gasteiger partial charge in [-0.1, -0.05) is 12.8 Å². The standard InChI is InChI=1S/C12H15N3O2S/c1-17-12(16)9-10(14)8(6-13)18-11(9)15-7-4-2-3-5-7/h7,15H,2-5,14H2,1H3. The van der Waals surface area contributed by atoms with Crippen LogP contribution in [0, 0.1) is 11.3 Å². The molecular weight excluding hydrogens is 250 g/mol. The first-order chi connectivity index (χ1) is 8.67. The van der Waals surface area contributed by atoms with E-state index in [9.17, 15) is 4.79 Å². The SMILES string of the molecule is COC(=O)c1c(NC2CCCC2)sc(C#N)c1N. The second kappa shape index (κ2) is 5.27. The summed E-state index contributed by atoms with van der Waals surface area (Å²) in [6.07, 6.45) is 4.55. The molecule has 0 aromatic carbocycles. The van der Waals surface area contributed by atoms with Crippen molar-refractivity contribution in [2.45, 2.75) is 31.7 Å². The number of hydrogen-bond donors (Lipinski definition) is 2. The van der Waals surface area contributed by atoms with Crippen molar-refractivity contribution < 1.29 is 9.53 Å². The van der Waals surface area contributed by atoms with Crippen LogP contribution in [0.5, 0.6) is 0 Å². The van der Waals surface area contributed by atoms with Crippen LogP contribution in [0.3, 0.4) is 0 Å². The van der Waals surface area contributed by atoms with Gasteiger partial charge in [0.05, 0.1) is 12.8 Å². The Hall–Kier alpha value is -1.74. The van der Waals surface area contributed by atoms with Gasteiger partial charge in [-0.05, 0) is 12.8 Å². The number of anilines is 2. The number of nitrogen functional groups attached to an aromatic ring is 1. The van der Waals surface area contributed by atoms with Crippen LogP contribution in [0.2, 0.25) is 0 Å². The Morgan fingerprint density at radius 3 is 2.78 bits per heavy atom. The maximum atomic E-state index is 11.7. The normalized spacial score (nSPS) is 15.3. The Labute approximate surface area is 110 Å². The van der Waals surface area contributed by atoms with Crippen LogP contribution in [0.1, 0.15) is 40.9 Å². The number of nitrogens with one attached hydrogen (secondary N) is 1. The molecule has 2 rings (SSSR count). The van der Waals surface area contributed by atoms with E-state index in [2.05, 4.69) is 5.32 Å². The fourth-order valence-corrected chi connectivity index (χ4v) is 3.17. The molecule has 0 spiro atoms. The molecular formula is C12H15N3O2S. The summed E-state index contributed by atoms with van der Waals surface area (Å²) in [5, 5.41) is 12.9. The summed E-state index contributed by atoms with van der Waals surface area (Å²) in [6.45, 7) is 0. The number of carbonyl (C=O) groups excluding carboxylic acids is 1. The molecule has 6 heteroatoms. The molecule has 1 aromatic heterocycles. The fourth-order valence-electron chi connectivity index (χ4n) is 2.19. The number of esters is 1. The highest BCUT2D eigenvalue weighted by molar-refractivity contribution is 7.17. The first-order valence-corrected chi connectivity index (χ1v) is 6.66. The van der Waals surface area contributed by atoms with E-state index in [-0.39, 0.29) is 5.69 Å². The second-order valence-corrected chi connectivity index (χ2v) is 5.30. The average Bonchev–Trinajstić information content (AvgIpc) is 2.97. The van der Waals surface area contributed by atoms with Gasteiger partial charge in [0.25, 0.3) is 0 Å². The molecule has 0 atom stereocenters. The number of carbonyl (C=O) groups is 1. The number of thiophene rings is 1. The minimum Gasteiger partial charge on any atom is -0.465 e. The Bertz CT molecular complexity index is 498. The highest BCUT2D eigenvalue weighted by Gasteiger charge is 2.25. The zero-order valence-electron chi connectivity index (χ0n) is 10.2. The van der Waals surface area contributed by atoms with Crippen molar-refractivity contribution in [1.29, 1.82) is 5.26 Å². The quantitative estimate of drug-likeness (QED) is 0.819. The van der Waals surface area contributed by atoms with Crippen LogP contribution < -0.4 is 11.1 Å². The van der Waals surface area contributed by atoms with Crippen molar-refractivity contribution in [3.63, 3.8) is 0 Å². The minimum absolute atomic E-state index is 0.217. The third-order valence-corrected chi connectivity index (χ3v) is 4.17. The number of methoxy groups -OCH3 is 1. The Morgan fingerprint density at radius 2 is 2.22 bits per heavy atom. The predicted octanol–water partition coefficient (Wildman–Crippen LogP) is 2.34. The second-order valence-electron chi connectivity index (χ2n) is 4.28. The Kier molecular flexibility index (Phi) is 3.72. The fraction of sp³-hybridized carbons (Fsp3) is 0.500. The van der Waals surface area contributed by atoms with E-state index in [0.29, 0.717) is 21.5 Å². The van der Waals surface area contributed by atoms with E-state index in [1.807, 2.05) is 6.07 Å². The zero-order valence-corrected chi connectivity index (χ0v) is 11.0. The van der Waals surface area contributed by atoms with Crippen molar-refractivity contribution in [2.75, 3.05) is 18.2 Å². The lowest BCUT2D eigenvalue weighted by Gasteiger charge is -2.12. The van der Waals surface area contributed by atoms with Crippen molar-refractivity contribution in [3.8, 4) is 6.07 Å². The number of hydrogen-bond acceptors (Lipinski definition) is 6. The monoisotopic (exact) mass is 265 g/mol. The predicted molar refractivity (Wildman–Crippen MR) is 70.7 cm³/mol. The Morgan fingerprint density at radius 1 is 1.56 bits per heavy atom. The highest BCUT2D eigenvalue weighted by atomic mass is 32.1. The first-order valence-electron chi connectivity index (χ1n) is 5.84. The lowest BCUT2D eigenvalue weighted by atomic mass is 10.2. The van der Waals surface area contributed by atoms with Gasteiger partial charge in [-0.3, -0.25) is 0 Å². The summed E-state index contributed by atoms with van der Waals surface area (Å²) in [5.74, 6) is -0.495. The molecule has 18 heavy (non-hydrogen) atoms. The molecule has 0 radical (unpaired) electrons. The average molecular weight is 265 g/mol. The molecule has 1 saturated carbocycles.